The third kappa shape index (κ3) is 11.6. The molecular weight excluding hydrogens is 395 g/mol. The molecule has 1 atom stereocenters. The van der Waals surface area contributed by atoms with Crippen molar-refractivity contribution in [1.29, 1.82) is 0 Å². The summed E-state index contributed by atoms with van der Waals surface area (Å²) in [5.41, 5.74) is 6.19. The van der Waals surface area contributed by atoms with Crippen LogP contribution >= 0.6 is 24.0 Å². The van der Waals surface area contributed by atoms with Crippen LogP contribution in [0, 0.1) is 0 Å². The molecule has 0 aromatic rings. The first kappa shape index (κ1) is 23.3. The van der Waals surface area contributed by atoms with Gasteiger partial charge in [0.1, 0.15) is 5.60 Å². The number of nitrogens with one attached hydrogen (secondary N) is 1. The molecule has 6 nitrogen and oxygen atoms in total. The van der Waals surface area contributed by atoms with Crippen LogP contribution in [0.1, 0.15) is 41.0 Å². The van der Waals surface area contributed by atoms with Crippen molar-refractivity contribution in [2.24, 2.45) is 10.7 Å². The van der Waals surface area contributed by atoms with Crippen molar-refractivity contribution in [2.45, 2.75) is 52.7 Å². The van der Waals surface area contributed by atoms with Gasteiger partial charge in [0.2, 0.25) is 0 Å². The number of nitrogens with two attached hydrogens (primary N) is 1. The number of carbonyl (C=O) groups excluding carboxylic acids is 1. The van der Waals surface area contributed by atoms with E-state index in [0.717, 1.165) is 12.0 Å². The highest BCUT2D eigenvalue weighted by molar-refractivity contribution is 14.0. The molecular formula is C15H31IN4O2. The van der Waals surface area contributed by atoms with Crippen molar-refractivity contribution in [3.63, 3.8) is 0 Å². The number of hydrogen-bond acceptors (Lipinski definition) is 3. The van der Waals surface area contributed by atoms with Crippen molar-refractivity contribution in [3.05, 3.63) is 12.2 Å². The Morgan fingerprint density at radius 3 is 2.45 bits per heavy atom. The van der Waals surface area contributed by atoms with Gasteiger partial charge in [-0.05, 0) is 41.0 Å². The van der Waals surface area contributed by atoms with E-state index in [9.17, 15) is 4.79 Å². The Morgan fingerprint density at radius 2 is 2.00 bits per heavy atom. The lowest BCUT2D eigenvalue weighted by atomic mass is 10.2. The van der Waals surface area contributed by atoms with Crippen LogP contribution in [0.4, 0.5) is 4.79 Å². The van der Waals surface area contributed by atoms with Crippen molar-refractivity contribution in [2.75, 3.05) is 20.1 Å². The average Bonchev–Trinajstić information content (AvgIpc) is 2.33. The van der Waals surface area contributed by atoms with Crippen molar-refractivity contribution >= 4 is 36.0 Å². The minimum absolute atomic E-state index is 0. The number of amides is 1. The number of rotatable bonds is 6. The van der Waals surface area contributed by atoms with E-state index in [4.69, 9.17) is 10.5 Å². The van der Waals surface area contributed by atoms with Gasteiger partial charge >= 0.3 is 6.09 Å². The molecule has 7 heteroatoms. The molecule has 3 N–H and O–H groups in total. The van der Waals surface area contributed by atoms with E-state index in [2.05, 4.69) is 16.9 Å². The fourth-order valence-electron chi connectivity index (χ4n) is 1.39. The highest BCUT2D eigenvalue weighted by atomic mass is 127. The topological polar surface area (TPSA) is 80.0 Å². The van der Waals surface area contributed by atoms with Gasteiger partial charge in [-0.25, -0.2) is 9.79 Å². The van der Waals surface area contributed by atoms with Gasteiger partial charge in [-0.15, -0.1) is 24.0 Å². The molecule has 1 amide bonds. The quantitative estimate of drug-likeness (QED) is 0.296. The molecule has 0 spiro atoms. The van der Waals surface area contributed by atoms with Gasteiger partial charge in [-0.3, -0.25) is 0 Å². The Hall–Kier alpha value is -0.990. The summed E-state index contributed by atoms with van der Waals surface area (Å²) in [6.07, 6.45) is 0.429. The zero-order valence-electron chi connectivity index (χ0n) is 14.6. The van der Waals surface area contributed by atoms with Crippen molar-refractivity contribution < 1.29 is 9.53 Å². The standard InChI is InChI=1S/C15H30N4O2.HI/c1-11(2)10-18-13(16)17-9-8-12(3)19(7)14(20)21-15(4,5)6;/h12H,1,8-10H2,2-7H3,(H3,16,17,18);1H. The van der Waals surface area contributed by atoms with Crippen LogP contribution in [0.2, 0.25) is 0 Å². The maximum atomic E-state index is 11.9. The van der Waals surface area contributed by atoms with Crippen LogP contribution in [-0.2, 0) is 4.74 Å². The Kier molecular flexibility index (Phi) is 11.3. The number of aliphatic imine (C=N–C) groups is 1. The summed E-state index contributed by atoms with van der Waals surface area (Å²) in [5.74, 6) is 0.394. The van der Waals surface area contributed by atoms with E-state index in [1.807, 2.05) is 34.6 Å². The van der Waals surface area contributed by atoms with Gasteiger partial charge in [0.05, 0.1) is 6.54 Å². The molecule has 22 heavy (non-hydrogen) atoms. The molecule has 0 fully saturated rings. The Bertz CT molecular complexity index is 391. The van der Waals surface area contributed by atoms with E-state index >= 15 is 0 Å². The second kappa shape index (κ2) is 10.7. The minimum atomic E-state index is -0.483. The number of guanidine groups is 1. The predicted molar refractivity (Wildman–Crippen MR) is 103 cm³/mol. The molecule has 1 unspecified atom stereocenters. The molecule has 0 bridgehead atoms. The van der Waals surface area contributed by atoms with Gasteiger partial charge in [-0.2, -0.15) is 0 Å². The number of halogens is 1. The second-order valence-corrected chi connectivity index (χ2v) is 6.31. The van der Waals surface area contributed by atoms with Crippen LogP contribution in [0.25, 0.3) is 0 Å². The minimum Gasteiger partial charge on any atom is -0.444 e. The third-order valence-electron chi connectivity index (χ3n) is 2.73. The van der Waals surface area contributed by atoms with Crippen LogP contribution < -0.4 is 11.1 Å². The summed E-state index contributed by atoms with van der Waals surface area (Å²) in [7, 11) is 1.73. The molecule has 0 aromatic heterocycles. The van der Waals surface area contributed by atoms with Crippen LogP contribution in [0.15, 0.2) is 17.1 Å². The Morgan fingerprint density at radius 1 is 1.45 bits per heavy atom. The highest BCUT2D eigenvalue weighted by Crippen LogP contribution is 2.11. The number of hydrogen-bond donors (Lipinski definition) is 2. The molecule has 130 valence electrons. The van der Waals surface area contributed by atoms with Crippen molar-refractivity contribution in [1.82, 2.24) is 10.2 Å². The monoisotopic (exact) mass is 426 g/mol. The van der Waals surface area contributed by atoms with E-state index in [-0.39, 0.29) is 36.1 Å². The number of nitrogens with zero attached hydrogens (tertiary/aromatic N) is 2. The number of ether oxygens (including phenoxy) is 1. The summed E-state index contributed by atoms with van der Waals surface area (Å²) in [5, 5.41) is 3.02. The largest absolute Gasteiger partial charge is 0.444 e. The van der Waals surface area contributed by atoms with Crippen LogP contribution in [-0.4, -0.2) is 48.7 Å². The molecule has 0 aliphatic rings. The molecule has 0 saturated carbocycles. The normalized spacial score (nSPS) is 12.9. The zero-order chi connectivity index (χ0) is 16.6. The van der Waals surface area contributed by atoms with E-state index in [1.54, 1.807) is 11.9 Å². The predicted octanol–water partition coefficient (Wildman–Crippen LogP) is 2.73. The summed E-state index contributed by atoms with van der Waals surface area (Å²) in [6.45, 7) is 14.3. The van der Waals surface area contributed by atoms with Gasteiger partial charge in [-0.1, -0.05) is 12.2 Å². The fourth-order valence-corrected chi connectivity index (χ4v) is 1.39. The third-order valence-corrected chi connectivity index (χ3v) is 2.73. The van der Waals surface area contributed by atoms with E-state index < -0.39 is 5.60 Å². The maximum Gasteiger partial charge on any atom is 0.410 e. The summed E-state index contributed by atoms with van der Waals surface area (Å²) in [4.78, 5) is 17.6. The first-order valence-electron chi connectivity index (χ1n) is 7.17. The van der Waals surface area contributed by atoms with Gasteiger partial charge in [0, 0.05) is 19.6 Å². The molecule has 0 heterocycles. The molecule has 0 radical (unpaired) electrons. The van der Waals surface area contributed by atoms with E-state index in [1.165, 1.54) is 0 Å². The second-order valence-electron chi connectivity index (χ2n) is 6.31. The molecule has 0 rings (SSSR count). The smallest absolute Gasteiger partial charge is 0.410 e. The molecule has 0 saturated heterocycles. The first-order chi connectivity index (χ1) is 9.53. The average molecular weight is 426 g/mol. The van der Waals surface area contributed by atoms with Crippen molar-refractivity contribution in [3.8, 4) is 0 Å². The lowest BCUT2D eigenvalue weighted by Gasteiger charge is -2.28. The van der Waals surface area contributed by atoms with E-state index in [0.29, 0.717) is 19.0 Å². The Balaban J connectivity index is 0. The zero-order valence-corrected chi connectivity index (χ0v) is 16.9. The Labute approximate surface area is 151 Å². The highest BCUT2D eigenvalue weighted by Gasteiger charge is 2.22. The first-order valence-corrected chi connectivity index (χ1v) is 7.17. The molecule has 0 aliphatic heterocycles. The summed E-state index contributed by atoms with van der Waals surface area (Å²) in [6, 6.07) is 0.0429. The maximum absolute atomic E-state index is 11.9. The summed E-state index contributed by atoms with van der Waals surface area (Å²) >= 11 is 0. The lowest BCUT2D eigenvalue weighted by Crippen LogP contribution is -2.41. The van der Waals surface area contributed by atoms with Gasteiger partial charge in [0.25, 0.3) is 0 Å². The van der Waals surface area contributed by atoms with Crippen LogP contribution in [0.5, 0.6) is 0 Å². The van der Waals surface area contributed by atoms with Gasteiger partial charge < -0.3 is 20.7 Å². The number of carbonyl (C=O) groups is 1. The molecule has 0 aliphatic carbocycles. The SMILES string of the molecule is C=C(C)CN=C(N)NCCC(C)N(C)C(=O)OC(C)(C)C.I. The summed E-state index contributed by atoms with van der Waals surface area (Å²) < 4.78 is 5.32. The lowest BCUT2D eigenvalue weighted by molar-refractivity contribution is 0.0231. The molecule has 0 aromatic carbocycles. The van der Waals surface area contributed by atoms with Crippen LogP contribution in [0.3, 0.4) is 0 Å². The van der Waals surface area contributed by atoms with Gasteiger partial charge in [0.15, 0.2) is 5.96 Å². The fraction of sp³-hybridized carbons (Fsp3) is 0.733.